The molecule has 0 spiro atoms. The van der Waals surface area contributed by atoms with E-state index in [1.807, 2.05) is 11.5 Å². The van der Waals surface area contributed by atoms with Gasteiger partial charge in [-0.25, -0.2) is 4.39 Å². The minimum atomic E-state index is -1.08. The largest absolute Gasteiger partial charge is 0.461 e. The van der Waals surface area contributed by atoms with E-state index in [9.17, 15) is 14.0 Å². The Morgan fingerprint density at radius 1 is 1.28 bits per heavy atom. The van der Waals surface area contributed by atoms with Gasteiger partial charge in [-0.1, -0.05) is 23.9 Å². The average Bonchev–Trinajstić information content (AvgIpc) is 3.37. The molecular weight excluding hydrogens is 399 g/mol. The molecule has 0 aliphatic carbocycles. The zero-order valence-electron chi connectivity index (χ0n) is 15.8. The molecule has 1 aromatic carbocycles. The summed E-state index contributed by atoms with van der Waals surface area (Å²) >= 11 is 1.14. The zero-order chi connectivity index (χ0) is 20.8. The Morgan fingerprint density at radius 2 is 2.07 bits per heavy atom. The number of nitrogens with zero attached hydrogens (tertiary/aromatic N) is 3. The highest BCUT2D eigenvalue weighted by atomic mass is 32.2. The number of aromatic nitrogens is 3. The lowest BCUT2D eigenvalue weighted by molar-refractivity contribution is -0.150. The van der Waals surface area contributed by atoms with Gasteiger partial charge >= 0.3 is 5.97 Å². The Labute approximate surface area is 170 Å². The summed E-state index contributed by atoms with van der Waals surface area (Å²) in [7, 11) is 0. The van der Waals surface area contributed by atoms with E-state index >= 15 is 0 Å². The Kier molecular flexibility index (Phi) is 6.65. The summed E-state index contributed by atoms with van der Waals surface area (Å²) in [6, 6.07) is 9.27. The second-order valence-electron chi connectivity index (χ2n) is 5.92. The number of rotatable bonds is 8. The highest BCUT2D eigenvalue weighted by Crippen LogP contribution is 2.24. The molecule has 0 fully saturated rings. The third-order valence-corrected chi connectivity index (χ3v) is 4.84. The number of benzene rings is 1. The number of nitrogens with one attached hydrogen (secondary N) is 1. The molecule has 1 atom stereocenters. The quantitative estimate of drug-likeness (QED) is 0.442. The highest BCUT2D eigenvalue weighted by Gasteiger charge is 2.21. The van der Waals surface area contributed by atoms with Crippen LogP contribution in [0.25, 0.3) is 11.6 Å². The van der Waals surface area contributed by atoms with Gasteiger partial charge in [0, 0.05) is 6.54 Å². The van der Waals surface area contributed by atoms with Gasteiger partial charge in [0.25, 0.3) is 5.91 Å². The number of anilines is 1. The number of halogens is 1. The summed E-state index contributed by atoms with van der Waals surface area (Å²) in [6.07, 6.45) is 0.465. The Balaban J connectivity index is 1.55. The van der Waals surface area contributed by atoms with Crippen molar-refractivity contribution < 1.29 is 23.1 Å². The number of ether oxygens (including phenoxy) is 1. The standard InChI is InChI=1S/C19H19FN4O4S/c1-3-24-17(15-9-6-10-27-15)22-23-19(24)29-11-16(25)28-12(2)18(26)21-14-8-5-4-7-13(14)20/h4-10,12H,3,11H2,1-2H3,(H,21,26)/t12-/m0/s1. The molecule has 0 aliphatic rings. The molecule has 0 saturated heterocycles. The van der Waals surface area contributed by atoms with Crippen molar-refractivity contribution >= 4 is 29.3 Å². The summed E-state index contributed by atoms with van der Waals surface area (Å²) < 4.78 is 25.9. The van der Waals surface area contributed by atoms with Crippen LogP contribution in [0.4, 0.5) is 10.1 Å². The van der Waals surface area contributed by atoms with Crippen molar-refractivity contribution in [2.45, 2.75) is 31.7 Å². The van der Waals surface area contributed by atoms with Crippen LogP contribution in [0.15, 0.2) is 52.2 Å². The molecule has 0 radical (unpaired) electrons. The summed E-state index contributed by atoms with van der Waals surface area (Å²) in [5, 5.41) is 11.1. The molecule has 10 heteroatoms. The van der Waals surface area contributed by atoms with Crippen LogP contribution in [0.2, 0.25) is 0 Å². The molecule has 0 unspecified atom stereocenters. The van der Waals surface area contributed by atoms with Crippen LogP contribution in [0, 0.1) is 5.82 Å². The summed E-state index contributed by atoms with van der Waals surface area (Å²) in [5.41, 5.74) is 0.0243. The first kappa shape index (κ1) is 20.6. The number of carbonyl (C=O) groups is 2. The van der Waals surface area contributed by atoms with Crippen molar-refractivity contribution in [1.82, 2.24) is 14.8 Å². The van der Waals surface area contributed by atoms with E-state index in [0.717, 1.165) is 11.8 Å². The molecule has 0 saturated carbocycles. The number of hydrogen-bond donors (Lipinski definition) is 1. The molecule has 152 valence electrons. The lowest BCUT2D eigenvalue weighted by atomic mass is 10.3. The van der Waals surface area contributed by atoms with Crippen LogP contribution in [0.5, 0.6) is 0 Å². The van der Waals surface area contributed by atoms with Crippen molar-refractivity contribution in [1.29, 1.82) is 0 Å². The van der Waals surface area contributed by atoms with Gasteiger partial charge in [0.15, 0.2) is 22.8 Å². The summed E-state index contributed by atoms with van der Waals surface area (Å²) in [6.45, 7) is 3.93. The molecule has 3 aromatic rings. The molecule has 3 rings (SSSR count). The molecule has 29 heavy (non-hydrogen) atoms. The van der Waals surface area contributed by atoms with Crippen LogP contribution in [-0.4, -0.2) is 38.5 Å². The first-order chi connectivity index (χ1) is 14.0. The first-order valence-electron chi connectivity index (χ1n) is 8.84. The van der Waals surface area contributed by atoms with Crippen LogP contribution in [-0.2, 0) is 20.9 Å². The number of carbonyl (C=O) groups excluding carboxylic acids is 2. The topological polar surface area (TPSA) is 99.2 Å². The number of amides is 1. The monoisotopic (exact) mass is 418 g/mol. The molecule has 2 aromatic heterocycles. The molecule has 1 amide bonds. The second kappa shape index (κ2) is 9.37. The van der Waals surface area contributed by atoms with Crippen molar-refractivity contribution in [3.8, 4) is 11.6 Å². The van der Waals surface area contributed by atoms with Gasteiger partial charge in [-0.05, 0) is 38.1 Å². The highest BCUT2D eigenvalue weighted by molar-refractivity contribution is 7.99. The van der Waals surface area contributed by atoms with Crippen LogP contribution < -0.4 is 5.32 Å². The lowest BCUT2D eigenvalue weighted by Crippen LogP contribution is -2.30. The van der Waals surface area contributed by atoms with E-state index in [1.54, 1.807) is 24.5 Å². The van der Waals surface area contributed by atoms with E-state index in [0.29, 0.717) is 23.3 Å². The van der Waals surface area contributed by atoms with Crippen molar-refractivity contribution in [3.05, 3.63) is 48.5 Å². The van der Waals surface area contributed by atoms with Crippen LogP contribution >= 0.6 is 11.8 Å². The van der Waals surface area contributed by atoms with Crippen molar-refractivity contribution in [3.63, 3.8) is 0 Å². The van der Waals surface area contributed by atoms with E-state index in [-0.39, 0.29) is 11.4 Å². The van der Waals surface area contributed by atoms with Crippen LogP contribution in [0.1, 0.15) is 13.8 Å². The van der Waals surface area contributed by atoms with Gasteiger partial charge < -0.3 is 14.5 Å². The van der Waals surface area contributed by atoms with Gasteiger partial charge in [-0.15, -0.1) is 10.2 Å². The molecular formula is C19H19FN4O4S. The summed E-state index contributed by atoms with van der Waals surface area (Å²) in [5.74, 6) is -0.714. The number of thioether (sulfide) groups is 1. The molecule has 2 heterocycles. The van der Waals surface area contributed by atoms with Gasteiger partial charge in [0.1, 0.15) is 5.82 Å². The van der Waals surface area contributed by atoms with Gasteiger partial charge in [0.2, 0.25) is 0 Å². The Hall–Kier alpha value is -3.14. The average molecular weight is 418 g/mol. The van der Waals surface area contributed by atoms with Crippen LogP contribution in [0.3, 0.4) is 0 Å². The second-order valence-corrected chi connectivity index (χ2v) is 6.86. The Morgan fingerprint density at radius 3 is 2.76 bits per heavy atom. The maximum atomic E-state index is 13.6. The molecule has 0 aliphatic heterocycles. The maximum Gasteiger partial charge on any atom is 0.317 e. The summed E-state index contributed by atoms with van der Waals surface area (Å²) in [4.78, 5) is 24.2. The van der Waals surface area contributed by atoms with E-state index in [2.05, 4.69) is 15.5 Å². The fourth-order valence-corrected chi connectivity index (χ4v) is 3.26. The number of hydrogen-bond acceptors (Lipinski definition) is 7. The third kappa shape index (κ3) is 5.02. The zero-order valence-corrected chi connectivity index (χ0v) is 16.6. The van der Waals surface area contributed by atoms with Crippen molar-refractivity contribution in [2.24, 2.45) is 0 Å². The Bertz CT molecular complexity index is 990. The minimum Gasteiger partial charge on any atom is -0.461 e. The number of esters is 1. The van der Waals surface area contributed by atoms with E-state index < -0.39 is 23.8 Å². The fraction of sp³-hybridized carbons (Fsp3) is 0.263. The lowest BCUT2D eigenvalue weighted by Gasteiger charge is -2.13. The van der Waals surface area contributed by atoms with Crippen molar-refractivity contribution in [2.75, 3.05) is 11.1 Å². The maximum absolute atomic E-state index is 13.6. The first-order valence-corrected chi connectivity index (χ1v) is 9.83. The SMILES string of the molecule is CCn1c(SCC(=O)O[C@@H](C)C(=O)Nc2ccccc2F)nnc1-c1ccco1. The minimum absolute atomic E-state index is 0.0243. The smallest absolute Gasteiger partial charge is 0.317 e. The van der Waals surface area contributed by atoms with E-state index in [4.69, 9.17) is 9.15 Å². The molecule has 0 bridgehead atoms. The predicted molar refractivity (Wildman–Crippen MR) is 105 cm³/mol. The van der Waals surface area contributed by atoms with Gasteiger partial charge in [-0.3, -0.25) is 14.2 Å². The normalized spacial score (nSPS) is 11.8. The predicted octanol–water partition coefficient (Wildman–Crippen LogP) is 3.36. The fourth-order valence-electron chi connectivity index (χ4n) is 2.47. The van der Waals surface area contributed by atoms with Gasteiger partial charge in [0.05, 0.1) is 17.7 Å². The molecule has 8 nitrogen and oxygen atoms in total. The molecule has 1 N–H and O–H groups in total. The number of furan rings is 1. The van der Waals surface area contributed by atoms with Gasteiger partial charge in [-0.2, -0.15) is 0 Å². The third-order valence-electron chi connectivity index (χ3n) is 3.90. The number of para-hydroxylation sites is 1. The van der Waals surface area contributed by atoms with E-state index in [1.165, 1.54) is 25.1 Å².